The summed E-state index contributed by atoms with van der Waals surface area (Å²) in [6, 6.07) is 4.90. The monoisotopic (exact) mass is 249 g/mol. The Balaban J connectivity index is 2.01. The molecule has 3 N–H and O–H groups in total. The van der Waals surface area contributed by atoms with Crippen molar-refractivity contribution in [2.75, 3.05) is 6.54 Å². The number of nitrogens with one attached hydrogen (secondary N) is 1. The predicted octanol–water partition coefficient (Wildman–Crippen LogP) is 1.74. The Kier molecular flexibility index (Phi) is 3.57. The number of carbonyl (C=O) groups excluding carboxylic acids is 1. The van der Waals surface area contributed by atoms with E-state index in [2.05, 4.69) is 5.32 Å². The van der Waals surface area contributed by atoms with Gasteiger partial charge in [0, 0.05) is 6.54 Å². The van der Waals surface area contributed by atoms with Gasteiger partial charge in [-0.05, 0) is 31.9 Å². The first-order chi connectivity index (χ1) is 8.50. The lowest BCUT2D eigenvalue weighted by molar-refractivity contribution is 0.0449. The van der Waals surface area contributed by atoms with Crippen molar-refractivity contribution < 1.29 is 15.0 Å². The van der Waals surface area contributed by atoms with Crippen LogP contribution in [0.2, 0.25) is 0 Å². The second-order valence-corrected chi connectivity index (χ2v) is 5.13. The van der Waals surface area contributed by atoms with Gasteiger partial charge >= 0.3 is 0 Å². The summed E-state index contributed by atoms with van der Waals surface area (Å²) in [5, 5.41) is 22.5. The lowest BCUT2D eigenvalue weighted by Gasteiger charge is -2.22. The molecule has 4 heteroatoms. The van der Waals surface area contributed by atoms with Crippen molar-refractivity contribution in [2.45, 2.75) is 38.2 Å². The highest BCUT2D eigenvalue weighted by molar-refractivity contribution is 5.97. The Morgan fingerprint density at radius 1 is 1.39 bits per heavy atom. The molecule has 1 aliphatic carbocycles. The van der Waals surface area contributed by atoms with Crippen LogP contribution in [0, 0.1) is 6.92 Å². The van der Waals surface area contributed by atoms with Crippen LogP contribution in [0.3, 0.4) is 0 Å². The molecule has 0 saturated heterocycles. The molecule has 1 saturated carbocycles. The fourth-order valence-corrected chi connectivity index (χ4v) is 2.38. The van der Waals surface area contributed by atoms with Gasteiger partial charge in [-0.1, -0.05) is 24.5 Å². The van der Waals surface area contributed by atoms with Crippen molar-refractivity contribution in [3.05, 3.63) is 29.3 Å². The third-order valence-electron chi connectivity index (χ3n) is 3.51. The van der Waals surface area contributed by atoms with E-state index in [0.717, 1.165) is 31.2 Å². The van der Waals surface area contributed by atoms with Gasteiger partial charge in [0.2, 0.25) is 0 Å². The van der Waals surface area contributed by atoms with Crippen LogP contribution < -0.4 is 5.32 Å². The number of carbonyl (C=O) groups is 1. The minimum atomic E-state index is -0.769. The number of aryl methyl sites for hydroxylation is 1. The molecular formula is C14H19NO3. The lowest BCUT2D eigenvalue weighted by atomic mass is 10.0. The molecule has 1 aromatic rings. The molecule has 1 aliphatic rings. The van der Waals surface area contributed by atoms with E-state index < -0.39 is 5.60 Å². The van der Waals surface area contributed by atoms with Crippen molar-refractivity contribution in [2.24, 2.45) is 0 Å². The Bertz CT molecular complexity index is 450. The van der Waals surface area contributed by atoms with E-state index in [1.807, 2.05) is 6.92 Å². The van der Waals surface area contributed by atoms with Crippen LogP contribution in [0.25, 0.3) is 0 Å². The number of phenolic OH excluding ortho intramolecular Hbond substituents is 1. The molecule has 0 radical (unpaired) electrons. The molecule has 1 aromatic carbocycles. The zero-order valence-corrected chi connectivity index (χ0v) is 10.6. The molecule has 0 bridgehead atoms. The number of phenols is 1. The molecule has 0 heterocycles. The van der Waals surface area contributed by atoms with Crippen LogP contribution in [0.4, 0.5) is 0 Å². The highest BCUT2D eigenvalue weighted by Gasteiger charge is 2.31. The van der Waals surface area contributed by atoms with E-state index in [-0.39, 0.29) is 23.8 Å². The molecule has 2 rings (SSSR count). The SMILES string of the molecule is Cc1ccc(O)c(C(=O)NCC2(O)CCCC2)c1. The van der Waals surface area contributed by atoms with Gasteiger partial charge in [0.25, 0.3) is 5.91 Å². The summed E-state index contributed by atoms with van der Waals surface area (Å²) in [5.74, 6) is -0.368. The highest BCUT2D eigenvalue weighted by Crippen LogP contribution is 2.28. The maximum Gasteiger partial charge on any atom is 0.255 e. The van der Waals surface area contributed by atoms with Crippen LogP contribution >= 0.6 is 0 Å². The number of aliphatic hydroxyl groups is 1. The first-order valence-corrected chi connectivity index (χ1v) is 6.30. The minimum absolute atomic E-state index is 0.0310. The molecule has 0 aliphatic heterocycles. The van der Waals surface area contributed by atoms with Crippen LogP contribution in [-0.4, -0.2) is 28.3 Å². The maximum absolute atomic E-state index is 11.9. The van der Waals surface area contributed by atoms with Crippen molar-refractivity contribution in [3.8, 4) is 5.75 Å². The normalized spacial score (nSPS) is 17.7. The molecule has 4 nitrogen and oxygen atoms in total. The van der Waals surface area contributed by atoms with Crippen LogP contribution in [0.5, 0.6) is 5.75 Å². The summed E-state index contributed by atoms with van der Waals surface area (Å²) in [7, 11) is 0. The number of aromatic hydroxyl groups is 1. The standard InChI is InChI=1S/C14H19NO3/c1-10-4-5-12(16)11(8-10)13(17)15-9-14(18)6-2-3-7-14/h4-5,8,16,18H,2-3,6-7,9H2,1H3,(H,15,17). The van der Waals surface area contributed by atoms with Gasteiger partial charge in [0.05, 0.1) is 11.2 Å². The van der Waals surface area contributed by atoms with Crippen LogP contribution in [0.1, 0.15) is 41.6 Å². The van der Waals surface area contributed by atoms with E-state index >= 15 is 0 Å². The summed E-state index contributed by atoms with van der Waals surface area (Å²) in [6.07, 6.45) is 3.46. The number of hydrogen-bond donors (Lipinski definition) is 3. The third kappa shape index (κ3) is 2.82. The second-order valence-electron chi connectivity index (χ2n) is 5.13. The Hall–Kier alpha value is -1.55. The van der Waals surface area contributed by atoms with Crippen molar-refractivity contribution in [1.82, 2.24) is 5.32 Å². The molecule has 0 atom stereocenters. The lowest BCUT2D eigenvalue weighted by Crippen LogP contribution is -2.40. The zero-order valence-electron chi connectivity index (χ0n) is 10.6. The fourth-order valence-electron chi connectivity index (χ4n) is 2.38. The Morgan fingerprint density at radius 2 is 2.06 bits per heavy atom. The molecule has 1 amide bonds. The zero-order chi connectivity index (χ0) is 13.2. The molecular weight excluding hydrogens is 230 g/mol. The third-order valence-corrected chi connectivity index (χ3v) is 3.51. The molecule has 0 unspecified atom stereocenters. The van der Waals surface area contributed by atoms with Gasteiger partial charge in [-0.25, -0.2) is 0 Å². The molecule has 0 aromatic heterocycles. The Labute approximate surface area is 107 Å². The summed E-state index contributed by atoms with van der Waals surface area (Å²) in [6.45, 7) is 2.11. The summed E-state index contributed by atoms with van der Waals surface area (Å²) in [5.41, 5.74) is 0.406. The molecule has 98 valence electrons. The number of rotatable bonds is 3. The van der Waals surface area contributed by atoms with Crippen molar-refractivity contribution >= 4 is 5.91 Å². The maximum atomic E-state index is 11.9. The summed E-state index contributed by atoms with van der Waals surface area (Å²) >= 11 is 0. The quantitative estimate of drug-likeness (QED) is 0.764. The highest BCUT2D eigenvalue weighted by atomic mass is 16.3. The fraction of sp³-hybridized carbons (Fsp3) is 0.500. The van der Waals surface area contributed by atoms with Gasteiger partial charge in [0.15, 0.2) is 0 Å². The first kappa shape index (κ1) is 12.9. The topological polar surface area (TPSA) is 69.6 Å². The van der Waals surface area contributed by atoms with Gasteiger partial charge in [-0.3, -0.25) is 4.79 Å². The molecule has 1 fully saturated rings. The summed E-state index contributed by atoms with van der Waals surface area (Å²) in [4.78, 5) is 11.9. The van der Waals surface area contributed by atoms with Crippen molar-refractivity contribution in [3.63, 3.8) is 0 Å². The van der Waals surface area contributed by atoms with Crippen molar-refractivity contribution in [1.29, 1.82) is 0 Å². The number of benzene rings is 1. The van der Waals surface area contributed by atoms with E-state index in [4.69, 9.17) is 0 Å². The average molecular weight is 249 g/mol. The number of hydrogen-bond acceptors (Lipinski definition) is 3. The number of amides is 1. The van der Waals surface area contributed by atoms with Gasteiger partial charge in [0.1, 0.15) is 5.75 Å². The van der Waals surface area contributed by atoms with Gasteiger partial charge in [-0.15, -0.1) is 0 Å². The van der Waals surface area contributed by atoms with E-state index in [9.17, 15) is 15.0 Å². The average Bonchev–Trinajstić information content (AvgIpc) is 2.77. The summed E-state index contributed by atoms with van der Waals surface area (Å²) < 4.78 is 0. The van der Waals surface area contributed by atoms with E-state index in [1.54, 1.807) is 12.1 Å². The van der Waals surface area contributed by atoms with Crippen LogP contribution in [0.15, 0.2) is 18.2 Å². The minimum Gasteiger partial charge on any atom is -0.507 e. The van der Waals surface area contributed by atoms with Gasteiger partial charge in [-0.2, -0.15) is 0 Å². The molecule has 18 heavy (non-hydrogen) atoms. The largest absolute Gasteiger partial charge is 0.507 e. The first-order valence-electron chi connectivity index (χ1n) is 6.30. The smallest absolute Gasteiger partial charge is 0.255 e. The Morgan fingerprint density at radius 3 is 2.72 bits per heavy atom. The predicted molar refractivity (Wildman–Crippen MR) is 68.6 cm³/mol. The van der Waals surface area contributed by atoms with Gasteiger partial charge < -0.3 is 15.5 Å². The van der Waals surface area contributed by atoms with E-state index in [1.165, 1.54) is 6.07 Å². The van der Waals surface area contributed by atoms with Crippen LogP contribution in [-0.2, 0) is 0 Å². The van der Waals surface area contributed by atoms with E-state index in [0.29, 0.717) is 0 Å². The second kappa shape index (κ2) is 4.98. The molecule has 0 spiro atoms.